The number of aromatic carboxylic acids is 1. The number of fused-ring (bicyclic) bond motifs is 1. The van der Waals surface area contributed by atoms with Gasteiger partial charge in [-0.1, -0.05) is 24.6 Å². The number of nitrogens with zero attached hydrogens (tertiary/aromatic N) is 3. The Morgan fingerprint density at radius 1 is 1.25 bits per heavy atom. The SMILES string of the molecule is Cc1cc([C@@H](C)Nc2ccc(Cl)nc2C(=O)O)c2nc(C34CC(C)(C3)C4)n(C)c(=O)c2c1. The third-order valence-corrected chi connectivity index (χ3v) is 7.24. The minimum atomic E-state index is -1.16. The molecule has 0 saturated heterocycles. The van der Waals surface area contributed by atoms with Gasteiger partial charge in [-0.05, 0) is 62.3 Å². The van der Waals surface area contributed by atoms with Crippen LogP contribution in [0.3, 0.4) is 0 Å². The van der Waals surface area contributed by atoms with Crippen LogP contribution in [-0.2, 0) is 12.5 Å². The van der Waals surface area contributed by atoms with Crippen molar-refractivity contribution in [3.05, 3.63) is 62.4 Å². The Balaban J connectivity index is 1.62. The van der Waals surface area contributed by atoms with Gasteiger partial charge in [0.1, 0.15) is 11.0 Å². The molecule has 6 rings (SSSR count). The van der Waals surface area contributed by atoms with E-state index in [0.29, 0.717) is 22.0 Å². The van der Waals surface area contributed by atoms with E-state index < -0.39 is 5.97 Å². The van der Waals surface area contributed by atoms with Crippen LogP contribution in [-0.4, -0.2) is 25.6 Å². The molecule has 0 aliphatic heterocycles. The summed E-state index contributed by atoms with van der Waals surface area (Å²) < 4.78 is 1.72. The number of halogens is 1. The average molecular weight is 453 g/mol. The van der Waals surface area contributed by atoms with Crippen LogP contribution in [0.5, 0.6) is 0 Å². The number of carbonyl (C=O) groups is 1. The predicted octanol–water partition coefficient (Wildman–Crippen LogP) is 4.60. The van der Waals surface area contributed by atoms with Gasteiger partial charge < -0.3 is 10.4 Å². The fraction of sp³-hybridized carbons (Fsp3) is 0.417. The van der Waals surface area contributed by atoms with E-state index in [-0.39, 0.29) is 27.9 Å². The third kappa shape index (κ3) is 3.02. The summed E-state index contributed by atoms with van der Waals surface area (Å²) in [6, 6.07) is 6.72. The molecule has 3 aliphatic carbocycles. The molecule has 2 aromatic heterocycles. The molecule has 8 heteroatoms. The van der Waals surface area contributed by atoms with E-state index in [2.05, 4.69) is 17.2 Å². The Bertz CT molecular complexity index is 1340. The Hall–Kier alpha value is -2.93. The van der Waals surface area contributed by atoms with Crippen LogP contribution in [0.25, 0.3) is 10.9 Å². The summed E-state index contributed by atoms with van der Waals surface area (Å²) in [7, 11) is 1.81. The summed E-state index contributed by atoms with van der Waals surface area (Å²) in [5.41, 5.74) is 3.03. The highest BCUT2D eigenvalue weighted by molar-refractivity contribution is 6.29. The molecule has 7 nitrogen and oxygen atoms in total. The molecule has 166 valence electrons. The molecular weight excluding hydrogens is 428 g/mol. The van der Waals surface area contributed by atoms with Crippen LogP contribution >= 0.6 is 11.6 Å². The lowest BCUT2D eigenvalue weighted by Crippen LogP contribution is -2.64. The number of nitrogens with one attached hydrogen (secondary N) is 1. The number of aromatic nitrogens is 3. The Labute approximate surface area is 190 Å². The van der Waals surface area contributed by atoms with Crippen LogP contribution < -0.4 is 10.9 Å². The smallest absolute Gasteiger partial charge is 0.356 e. The van der Waals surface area contributed by atoms with E-state index in [1.54, 1.807) is 16.7 Å². The van der Waals surface area contributed by atoms with Crippen LogP contribution in [0, 0.1) is 12.3 Å². The van der Waals surface area contributed by atoms with E-state index in [9.17, 15) is 14.7 Å². The fourth-order valence-corrected chi connectivity index (χ4v) is 6.06. The second-order valence-corrected chi connectivity index (χ2v) is 10.3. The average Bonchev–Trinajstić information content (AvgIpc) is 2.68. The predicted molar refractivity (Wildman–Crippen MR) is 124 cm³/mol. The fourth-order valence-electron chi connectivity index (χ4n) is 5.92. The zero-order valence-corrected chi connectivity index (χ0v) is 19.2. The van der Waals surface area contributed by atoms with Crippen molar-refractivity contribution in [2.24, 2.45) is 12.5 Å². The zero-order valence-electron chi connectivity index (χ0n) is 18.5. The molecule has 0 amide bonds. The monoisotopic (exact) mass is 452 g/mol. The Kier molecular flexibility index (Phi) is 4.44. The van der Waals surface area contributed by atoms with E-state index in [4.69, 9.17) is 16.6 Å². The summed E-state index contributed by atoms with van der Waals surface area (Å²) in [4.78, 5) is 33.9. The van der Waals surface area contributed by atoms with E-state index in [0.717, 1.165) is 36.2 Å². The number of carboxylic acid groups (broad SMARTS) is 1. The van der Waals surface area contributed by atoms with Crippen LogP contribution in [0.15, 0.2) is 29.1 Å². The lowest BCUT2D eigenvalue weighted by molar-refractivity contribution is -0.132. The quantitative estimate of drug-likeness (QED) is 0.549. The Morgan fingerprint density at radius 2 is 1.94 bits per heavy atom. The number of hydrogen-bond donors (Lipinski definition) is 2. The molecule has 3 saturated carbocycles. The van der Waals surface area contributed by atoms with Gasteiger partial charge in [0.05, 0.1) is 22.6 Å². The maximum absolute atomic E-state index is 13.3. The number of hydrogen-bond acceptors (Lipinski definition) is 5. The van der Waals surface area contributed by atoms with Gasteiger partial charge in [-0.3, -0.25) is 9.36 Å². The normalized spacial score (nSPS) is 24.5. The first kappa shape index (κ1) is 20.9. The number of anilines is 1. The standard InChI is InChI=1S/C24H25ClN4O3/c1-12-7-14(13(2)26-16-5-6-17(25)27-19(16)21(31)32)18-15(8-12)20(30)29(4)22(28-18)24-9-23(3,10-24)11-24/h5-8,13,26H,9-11H2,1-4H3,(H,31,32)/t13-,23?,24?/m1/s1. The van der Waals surface area contributed by atoms with Gasteiger partial charge in [0.25, 0.3) is 5.56 Å². The molecule has 3 aliphatic rings. The maximum Gasteiger partial charge on any atom is 0.356 e. The van der Waals surface area contributed by atoms with E-state index in [1.807, 2.05) is 33.0 Å². The lowest BCUT2D eigenvalue weighted by atomic mass is 9.35. The third-order valence-electron chi connectivity index (χ3n) is 7.03. The molecule has 2 N–H and O–H groups in total. The van der Waals surface area contributed by atoms with Gasteiger partial charge >= 0.3 is 5.97 Å². The molecule has 0 spiro atoms. The summed E-state index contributed by atoms with van der Waals surface area (Å²) in [6.45, 7) is 6.15. The molecule has 3 aromatic rings. The lowest BCUT2D eigenvalue weighted by Gasteiger charge is -2.69. The van der Waals surface area contributed by atoms with Crippen molar-refractivity contribution in [3.8, 4) is 0 Å². The van der Waals surface area contributed by atoms with Gasteiger partial charge in [0.2, 0.25) is 0 Å². The highest BCUT2D eigenvalue weighted by Gasteiger charge is 2.67. The summed E-state index contributed by atoms with van der Waals surface area (Å²) in [5, 5.41) is 13.5. The summed E-state index contributed by atoms with van der Waals surface area (Å²) >= 11 is 5.89. The second-order valence-electron chi connectivity index (χ2n) is 9.87. The van der Waals surface area contributed by atoms with Gasteiger partial charge in [0.15, 0.2) is 5.69 Å². The number of aryl methyl sites for hydroxylation is 1. The molecule has 0 radical (unpaired) electrons. The Morgan fingerprint density at radius 3 is 2.56 bits per heavy atom. The number of carboxylic acids is 1. The molecule has 32 heavy (non-hydrogen) atoms. The van der Waals surface area contributed by atoms with Crippen molar-refractivity contribution < 1.29 is 9.90 Å². The molecule has 0 unspecified atom stereocenters. The zero-order chi connectivity index (χ0) is 23.0. The highest BCUT2D eigenvalue weighted by Crippen LogP contribution is 2.72. The van der Waals surface area contributed by atoms with Gasteiger partial charge in [-0.15, -0.1) is 0 Å². The second kappa shape index (κ2) is 6.78. The van der Waals surface area contributed by atoms with Crippen molar-refractivity contribution in [2.45, 2.75) is 51.5 Å². The molecule has 1 atom stereocenters. The van der Waals surface area contributed by atoms with Crippen molar-refractivity contribution in [1.29, 1.82) is 0 Å². The largest absolute Gasteiger partial charge is 0.476 e. The van der Waals surface area contributed by atoms with Crippen LogP contribution in [0.4, 0.5) is 5.69 Å². The van der Waals surface area contributed by atoms with Gasteiger partial charge in [0, 0.05) is 18.0 Å². The first-order valence-electron chi connectivity index (χ1n) is 10.7. The first-order chi connectivity index (χ1) is 15.0. The number of benzene rings is 1. The summed E-state index contributed by atoms with van der Waals surface area (Å²) in [5.74, 6) is -0.307. The topological polar surface area (TPSA) is 97.1 Å². The van der Waals surface area contributed by atoms with Crippen molar-refractivity contribution in [2.75, 3.05) is 5.32 Å². The van der Waals surface area contributed by atoms with Crippen molar-refractivity contribution in [3.63, 3.8) is 0 Å². The molecule has 2 bridgehead atoms. The minimum Gasteiger partial charge on any atom is -0.476 e. The molecule has 2 heterocycles. The summed E-state index contributed by atoms with van der Waals surface area (Å²) in [6.07, 6.45) is 3.21. The van der Waals surface area contributed by atoms with E-state index >= 15 is 0 Å². The number of rotatable bonds is 5. The highest BCUT2D eigenvalue weighted by atomic mass is 35.5. The molecule has 3 fully saturated rings. The van der Waals surface area contributed by atoms with Crippen molar-refractivity contribution >= 4 is 34.2 Å². The molecular formula is C24H25ClN4O3. The molecule has 1 aromatic carbocycles. The van der Waals surface area contributed by atoms with Gasteiger partial charge in [-0.2, -0.15) is 0 Å². The number of pyridine rings is 1. The van der Waals surface area contributed by atoms with Crippen LogP contribution in [0.1, 0.15) is 66.6 Å². The van der Waals surface area contributed by atoms with Crippen LogP contribution in [0.2, 0.25) is 5.15 Å². The minimum absolute atomic E-state index is 0.00620. The first-order valence-corrected chi connectivity index (χ1v) is 11.1. The van der Waals surface area contributed by atoms with Crippen molar-refractivity contribution in [1.82, 2.24) is 14.5 Å². The maximum atomic E-state index is 13.3. The van der Waals surface area contributed by atoms with Gasteiger partial charge in [-0.25, -0.2) is 14.8 Å². The van der Waals surface area contributed by atoms with E-state index in [1.165, 1.54) is 0 Å².